The van der Waals surface area contributed by atoms with Crippen LogP contribution in [0.25, 0.3) is 44.2 Å². The number of carbonyl (C=O) groups excluding carboxylic acids is 4. The number of likely N-dealkylation sites (tertiary alicyclic amines) is 2. The van der Waals surface area contributed by atoms with E-state index in [-0.39, 0.29) is 47.8 Å². The van der Waals surface area contributed by atoms with E-state index in [4.69, 9.17) is 28.9 Å². The minimum atomic E-state index is -0.720. The molecule has 0 spiro atoms. The van der Waals surface area contributed by atoms with E-state index < -0.39 is 24.3 Å². The summed E-state index contributed by atoms with van der Waals surface area (Å²) in [5.41, 5.74) is 6.68. The van der Waals surface area contributed by atoms with Crippen molar-refractivity contribution < 1.29 is 38.1 Å². The Morgan fingerprint density at radius 2 is 1.66 bits per heavy atom. The van der Waals surface area contributed by atoms with Gasteiger partial charge in [0.2, 0.25) is 11.8 Å². The number of hydrogen-bond acceptors (Lipinski definition) is 10. The van der Waals surface area contributed by atoms with E-state index in [0.29, 0.717) is 38.6 Å². The molecular weight excluding hydrogens is 853 g/mol. The number of aromatic nitrogens is 4. The van der Waals surface area contributed by atoms with Gasteiger partial charge in [0.15, 0.2) is 0 Å². The maximum absolute atomic E-state index is 14.6. The predicted molar refractivity (Wildman–Crippen MR) is 251 cm³/mol. The minimum Gasteiger partial charge on any atom is -0.488 e. The van der Waals surface area contributed by atoms with Gasteiger partial charge in [-0.3, -0.25) is 9.59 Å². The van der Waals surface area contributed by atoms with Crippen molar-refractivity contribution in [1.29, 1.82) is 0 Å². The molecular formula is C51H62N8O8. The second-order valence-corrected chi connectivity index (χ2v) is 19.2. The number of aromatic amines is 2. The molecule has 10 rings (SSSR count). The maximum Gasteiger partial charge on any atom is 0.407 e. The zero-order valence-corrected chi connectivity index (χ0v) is 39.1. The number of hydrogen-bond donors (Lipinski definition) is 4. The quantitative estimate of drug-likeness (QED) is 0.0999. The molecule has 3 saturated heterocycles. The summed E-state index contributed by atoms with van der Waals surface area (Å²) in [7, 11) is 2.64. The lowest BCUT2D eigenvalue weighted by atomic mass is 9.90. The van der Waals surface area contributed by atoms with Gasteiger partial charge in [0.1, 0.15) is 36.1 Å². The fourth-order valence-corrected chi connectivity index (χ4v) is 11.8. The second-order valence-electron chi connectivity index (χ2n) is 19.2. The molecule has 8 unspecified atom stereocenters. The Morgan fingerprint density at radius 1 is 0.851 bits per heavy atom. The van der Waals surface area contributed by atoms with Gasteiger partial charge in [0.05, 0.1) is 49.2 Å². The Balaban J connectivity index is 0.911. The van der Waals surface area contributed by atoms with E-state index in [1.807, 2.05) is 29.8 Å². The first-order chi connectivity index (χ1) is 32.6. The van der Waals surface area contributed by atoms with Crippen molar-refractivity contribution in [3.8, 4) is 28.1 Å². The molecule has 5 aliphatic rings. The number of nitrogens with one attached hydrogen (secondary N) is 4. The van der Waals surface area contributed by atoms with E-state index >= 15 is 0 Å². The average molecular weight is 915 g/mol. The monoisotopic (exact) mass is 914 g/mol. The Hall–Kier alpha value is -6.16. The zero-order chi connectivity index (χ0) is 46.5. The van der Waals surface area contributed by atoms with Crippen LogP contribution in [0.3, 0.4) is 0 Å². The van der Waals surface area contributed by atoms with Gasteiger partial charge < -0.3 is 49.3 Å². The first kappa shape index (κ1) is 44.7. The van der Waals surface area contributed by atoms with Gasteiger partial charge >= 0.3 is 12.2 Å². The summed E-state index contributed by atoms with van der Waals surface area (Å²) in [6, 6.07) is 13.0. The third kappa shape index (κ3) is 8.14. The smallest absolute Gasteiger partial charge is 0.407 e. The highest BCUT2D eigenvalue weighted by Crippen LogP contribution is 2.48. The summed E-state index contributed by atoms with van der Waals surface area (Å²) >= 11 is 0. The van der Waals surface area contributed by atoms with Crippen molar-refractivity contribution in [2.45, 2.75) is 128 Å². The van der Waals surface area contributed by atoms with Gasteiger partial charge in [0.25, 0.3) is 0 Å². The number of methoxy groups -OCH3 is 2. The fourth-order valence-electron chi connectivity index (χ4n) is 11.8. The topological polar surface area (TPSA) is 193 Å². The molecule has 3 aromatic carbocycles. The van der Waals surface area contributed by atoms with Crippen LogP contribution in [0.2, 0.25) is 0 Å². The Bertz CT molecular complexity index is 2690. The van der Waals surface area contributed by atoms with E-state index in [0.717, 1.165) is 119 Å². The van der Waals surface area contributed by atoms with Crippen molar-refractivity contribution in [2.75, 3.05) is 27.4 Å². The van der Waals surface area contributed by atoms with Crippen molar-refractivity contribution in [3.63, 3.8) is 0 Å². The number of nitrogens with zero attached hydrogens (tertiary/aromatic N) is 4. The molecule has 2 aromatic heterocycles. The van der Waals surface area contributed by atoms with Crippen LogP contribution in [-0.2, 0) is 30.4 Å². The van der Waals surface area contributed by atoms with Crippen molar-refractivity contribution >= 4 is 45.8 Å². The summed E-state index contributed by atoms with van der Waals surface area (Å²) in [4.78, 5) is 75.1. The first-order valence-electron chi connectivity index (χ1n) is 24.3. The summed E-state index contributed by atoms with van der Waals surface area (Å²) in [5.74, 6) is 2.34. The van der Waals surface area contributed by atoms with Gasteiger partial charge in [-0.25, -0.2) is 19.6 Å². The lowest BCUT2D eigenvalue weighted by Crippen LogP contribution is -2.54. The van der Waals surface area contributed by atoms with E-state index in [1.54, 1.807) is 0 Å². The van der Waals surface area contributed by atoms with Crippen LogP contribution in [0.5, 0.6) is 5.75 Å². The molecule has 6 heterocycles. The predicted octanol–water partition coefficient (Wildman–Crippen LogP) is 8.47. The highest BCUT2D eigenvalue weighted by Gasteiger charge is 2.50. The Labute approximate surface area is 390 Å². The SMILES string of the molecule is CCC(C)C(NC(=O)OC)C(=O)N1C(c2ncc(-c3ccc4c(c3)COc3cc5c(ccc6[nH]c(C7CCC(CC)N7C(=O)C(NC(=O)OC)C7CCOCC7)nc65)cc3-4)[nH]2)CC2CCCC21. The molecule has 1 saturated carbocycles. The van der Waals surface area contributed by atoms with Crippen molar-refractivity contribution in [1.82, 2.24) is 40.4 Å². The summed E-state index contributed by atoms with van der Waals surface area (Å²) in [6.07, 6.45) is 9.04. The number of carbonyl (C=O) groups is 4. The molecule has 1 aliphatic carbocycles. The van der Waals surface area contributed by atoms with Gasteiger partial charge in [-0.2, -0.15) is 0 Å². The largest absolute Gasteiger partial charge is 0.488 e. The standard InChI is InChI=1S/C51H62N8O8/c1-6-27(3)43(56-50(62)64-4)48(60)59-39-10-8-9-31(39)23-41(59)46-52-25-38(54-46)30-11-14-34-32(21-30)26-67-42-24-35-29(22-36(34)42)12-15-37-45(35)55-47(53-37)40-16-13-33(7-2)58(40)49(61)44(57-51(63)65-5)28-17-19-66-20-18-28/h11-12,14-15,21-22,24-25,27-28,31,33,39-41,43-44H,6-10,13,16-20,23,26H2,1-5H3,(H,52,54)(H,53,55)(H,56,62)(H,57,63). The molecule has 16 nitrogen and oxygen atoms in total. The van der Waals surface area contributed by atoms with Crippen molar-refractivity contribution in [2.24, 2.45) is 17.8 Å². The van der Waals surface area contributed by atoms with Crippen LogP contribution >= 0.6 is 0 Å². The highest BCUT2D eigenvalue weighted by molar-refractivity contribution is 6.07. The van der Waals surface area contributed by atoms with Gasteiger partial charge in [-0.1, -0.05) is 51.8 Å². The third-order valence-corrected chi connectivity index (χ3v) is 15.6. The molecule has 4 aliphatic heterocycles. The lowest BCUT2D eigenvalue weighted by molar-refractivity contribution is -0.139. The molecule has 4 amide bonds. The van der Waals surface area contributed by atoms with Crippen molar-refractivity contribution in [3.05, 3.63) is 65.9 Å². The Morgan fingerprint density at radius 3 is 2.43 bits per heavy atom. The Kier molecular flexibility index (Phi) is 12.3. The molecule has 16 heteroatoms. The van der Waals surface area contributed by atoms with Crippen LogP contribution < -0.4 is 15.4 Å². The summed E-state index contributed by atoms with van der Waals surface area (Å²) < 4.78 is 22.0. The van der Waals surface area contributed by atoms with Crippen LogP contribution in [0.15, 0.2) is 48.7 Å². The lowest BCUT2D eigenvalue weighted by Gasteiger charge is -2.36. The summed E-state index contributed by atoms with van der Waals surface area (Å²) in [6.45, 7) is 7.60. The van der Waals surface area contributed by atoms with Crippen LogP contribution in [0.1, 0.15) is 114 Å². The maximum atomic E-state index is 14.6. The molecule has 354 valence electrons. The van der Waals surface area contributed by atoms with Gasteiger partial charge in [-0.05, 0) is 115 Å². The molecule has 4 fully saturated rings. The molecule has 5 aromatic rings. The van der Waals surface area contributed by atoms with Crippen LogP contribution in [0.4, 0.5) is 9.59 Å². The number of benzene rings is 3. The van der Waals surface area contributed by atoms with Crippen LogP contribution in [0, 0.1) is 17.8 Å². The number of imidazole rings is 2. The second kappa shape index (κ2) is 18.5. The molecule has 4 N–H and O–H groups in total. The first-order valence-corrected chi connectivity index (χ1v) is 24.3. The highest BCUT2D eigenvalue weighted by atomic mass is 16.5. The number of amides is 4. The molecule has 8 atom stereocenters. The molecule has 0 bridgehead atoms. The molecule has 0 radical (unpaired) electrons. The zero-order valence-electron chi connectivity index (χ0n) is 39.1. The molecule has 67 heavy (non-hydrogen) atoms. The summed E-state index contributed by atoms with van der Waals surface area (Å²) in [5, 5.41) is 7.70. The number of alkyl carbamates (subject to hydrolysis) is 2. The van der Waals surface area contributed by atoms with E-state index in [1.165, 1.54) is 14.2 Å². The van der Waals surface area contributed by atoms with Gasteiger partial charge in [-0.15, -0.1) is 0 Å². The minimum absolute atomic E-state index is 0.0132. The number of ether oxygens (including phenoxy) is 4. The number of rotatable bonds is 11. The average Bonchev–Trinajstić information content (AvgIpc) is 4.22. The number of H-pyrrole nitrogens is 2. The third-order valence-electron chi connectivity index (χ3n) is 15.6. The van der Waals surface area contributed by atoms with Gasteiger partial charge in [0, 0.05) is 36.2 Å². The number of fused-ring (bicyclic) bond motifs is 7. The fraction of sp³-hybridized carbons (Fsp3) is 0.529. The normalized spacial score (nSPS) is 23.8. The van der Waals surface area contributed by atoms with Crippen LogP contribution in [-0.4, -0.2) is 105 Å². The van der Waals surface area contributed by atoms with E-state index in [2.05, 4.69) is 70.0 Å². The van der Waals surface area contributed by atoms with E-state index in [9.17, 15) is 19.2 Å².